The van der Waals surface area contributed by atoms with Crippen molar-refractivity contribution in [3.05, 3.63) is 34.4 Å². The number of aliphatic hydroxyl groups excluding tert-OH is 1. The Morgan fingerprint density at radius 2 is 1.90 bits per heavy atom. The quantitative estimate of drug-likeness (QED) is 0.425. The Balaban J connectivity index is 3.13. The third kappa shape index (κ3) is 4.48. The maximum Gasteiger partial charge on any atom is 0.289 e. The third-order valence-corrected chi connectivity index (χ3v) is 4.91. The van der Waals surface area contributed by atoms with Crippen LogP contribution in [0.2, 0.25) is 0 Å². The van der Waals surface area contributed by atoms with E-state index in [9.17, 15) is 18.5 Å². The van der Waals surface area contributed by atoms with Gasteiger partial charge in [0.05, 0.1) is 4.92 Å². The van der Waals surface area contributed by atoms with Gasteiger partial charge in [0, 0.05) is 25.8 Å². The Labute approximate surface area is 124 Å². The summed E-state index contributed by atoms with van der Waals surface area (Å²) in [6.07, 6.45) is 1.61. The number of aliphatic hydroxyl groups is 1. The van der Waals surface area contributed by atoms with Gasteiger partial charge in [-0.1, -0.05) is 19.1 Å². The Hall–Kier alpha value is -1.51. The highest BCUT2D eigenvalue weighted by Crippen LogP contribution is 2.26. The van der Waals surface area contributed by atoms with E-state index in [1.165, 1.54) is 28.6 Å². The predicted molar refractivity (Wildman–Crippen MR) is 78.5 cm³/mol. The van der Waals surface area contributed by atoms with E-state index >= 15 is 0 Å². The van der Waals surface area contributed by atoms with E-state index in [1.807, 2.05) is 6.92 Å². The summed E-state index contributed by atoms with van der Waals surface area (Å²) in [6, 6.07) is 5.34. The van der Waals surface area contributed by atoms with Gasteiger partial charge in [0.25, 0.3) is 5.69 Å². The van der Waals surface area contributed by atoms with Gasteiger partial charge in [-0.3, -0.25) is 10.1 Å². The van der Waals surface area contributed by atoms with Crippen LogP contribution in [-0.2, 0) is 10.0 Å². The molecular weight excluding hydrogens is 296 g/mol. The van der Waals surface area contributed by atoms with Crippen molar-refractivity contribution in [1.82, 2.24) is 4.31 Å². The third-order valence-electron chi connectivity index (χ3n) is 2.97. The lowest BCUT2D eigenvalue weighted by molar-refractivity contribution is -0.387. The summed E-state index contributed by atoms with van der Waals surface area (Å²) in [7, 11) is -3.91. The zero-order valence-corrected chi connectivity index (χ0v) is 12.8. The van der Waals surface area contributed by atoms with E-state index in [2.05, 4.69) is 0 Å². The molecule has 7 nitrogen and oxygen atoms in total. The van der Waals surface area contributed by atoms with Gasteiger partial charge in [0.2, 0.25) is 10.0 Å². The van der Waals surface area contributed by atoms with Crippen LogP contribution in [0, 0.1) is 10.1 Å². The maximum absolute atomic E-state index is 12.6. The fraction of sp³-hybridized carbons (Fsp3) is 0.538. The molecule has 0 aliphatic carbocycles. The van der Waals surface area contributed by atoms with Gasteiger partial charge < -0.3 is 5.11 Å². The number of hydrogen-bond donors (Lipinski definition) is 1. The molecule has 0 saturated heterocycles. The summed E-state index contributed by atoms with van der Waals surface area (Å²) in [5.74, 6) is 0. The highest BCUT2D eigenvalue weighted by atomic mass is 32.2. The van der Waals surface area contributed by atoms with Crippen LogP contribution in [0.25, 0.3) is 0 Å². The number of nitro benzene ring substituents is 1. The van der Waals surface area contributed by atoms with Gasteiger partial charge in [0.1, 0.15) is 0 Å². The summed E-state index contributed by atoms with van der Waals surface area (Å²) in [4.78, 5) is 10.0. The van der Waals surface area contributed by atoms with Crippen LogP contribution in [0.3, 0.4) is 0 Å². The van der Waals surface area contributed by atoms with Crippen molar-refractivity contribution in [2.75, 3.05) is 19.7 Å². The molecule has 1 N–H and O–H groups in total. The molecule has 0 bridgehead atoms. The van der Waals surface area contributed by atoms with Crippen molar-refractivity contribution in [1.29, 1.82) is 0 Å². The lowest BCUT2D eigenvalue weighted by atomic mass is 10.3. The average Bonchev–Trinajstić information content (AvgIpc) is 2.46. The van der Waals surface area contributed by atoms with Crippen LogP contribution < -0.4 is 0 Å². The fourth-order valence-corrected chi connectivity index (χ4v) is 3.69. The van der Waals surface area contributed by atoms with Gasteiger partial charge in [0.15, 0.2) is 4.90 Å². The van der Waals surface area contributed by atoms with Crippen molar-refractivity contribution in [2.24, 2.45) is 0 Å². The zero-order chi connectivity index (χ0) is 15.9. The molecule has 0 heterocycles. The van der Waals surface area contributed by atoms with Crippen LogP contribution in [0.1, 0.15) is 26.2 Å². The summed E-state index contributed by atoms with van der Waals surface area (Å²) >= 11 is 0. The molecule has 0 radical (unpaired) electrons. The molecule has 118 valence electrons. The second kappa shape index (κ2) is 8.06. The molecule has 1 aromatic carbocycles. The molecule has 0 aliphatic rings. The molecule has 0 fully saturated rings. The lowest BCUT2D eigenvalue weighted by Crippen LogP contribution is -2.33. The monoisotopic (exact) mass is 316 g/mol. The van der Waals surface area contributed by atoms with Crippen molar-refractivity contribution in [3.8, 4) is 0 Å². The number of nitrogens with zero attached hydrogens (tertiary/aromatic N) is 2. The molecule has 1 aromatic rings. The highest BCUT2D eigenvalue weighted by molar-refractivity contribution is 7.89. The smallest absolute Gasteiger partial charge is 0.289 e. The minimum atomic E-state index is -3.91. The molecule has 0 amide bonds. The first-order valence-electron chi connectivity index (χ1n) is 6.79. The molecule has 0 unspecified atom stereocenters. The second-order valence-corrected chi connectivity index (χ2v) is 6.47. The van der Waals surface area contributed by atoms with Crippen molar-refractivity contribution in [2.45, 2.75) is 31.1 Å². The molecule has 0 spiro atoms. The first-order valence-corrected chi connectivity index (χ1v) is 8.23. The van der Waals surface area contributed by atoms with E-state index in [4.69, 9.17) is 5.11 Å². The van der Waals surface area contributed by atoms with E-state index in [0.29, 0.717) is 25.8 Å². The Kier molecular flexibility index (Phi) is 6.73. The van der Waals surface area contributed by atoms with Gasteiger partial charge in [-0.05, 0) is 25.3 Å². The topological polar surface area (TPSA) is 101 Å². The number of sulfonamides is 1. The fourth-order valence-electron chi connectivity index (χ4n) is 1.97. The van der Waals surface area contributed by atoms with Crippen molar-refractivity contribution >= 4 is 15.7 Å². The van der Waals surface area contributed by atoms with Crippen LogP contribution >= 0.6 is 0 Å². The average molecular weight is 316 g/mol. The minimum Gasteiger partial charge on any atom is -0.396 e. The largest absolute Gasteiger partial charge is 0.396 e. The first-order chi connectivity index (χ1) is 9.95. The Bertz CT molecular complexity index is 574. The van der Waals surface area contributed by atoms with Gasteiger partial charge in [-0.2, -0.15) is 4.31 Å². The number of para-hydroxylation sites is 1. The number of nitro groups is 1. The first kappa shape index (κ1) is 17.5. The van der Waals surface area contributed by atoms with E-state index in [1.54, 1.807) is 0 Å². The molecule has 8 heteroatoms. The summed E-state index contributed by atoms with van der Waals surface area (Å²) in [5.41, 5.74) is -0.416. The summed E-state index contributed by atoms with van der Waals surface area (Å²) in [6.45, 7) is 2.36. The van der Waals surface area contributed by atoms with Crippen molar-refractivity contribution in [3.63, 3.8) is 0 Å². The normalized spacial score (nSPS) is 11.8. The number of rotatable bonds is 9. The standard InChI is InChI=1S/C13H20N2O5S/c1-2-9-14(10-5-6-11-16)21(19,20)13-8-4-3-7-12(13)15(17)18/h3-4,7-8,16H,2,5-6,9-11H2,1H3. The van der Waals surface area contributed by atoms with E-state index in [-0.39, 0.29) is 18.0 Å². The molecule has 0 aromatic heterocycles. The lowest BCUT2D eigenvalue weighted by Gasteiger charge is -2.21. The van der Waals surface area contributed by atoms with Crippen LogP contribution in [0.5, 0.6) is 0 Å². The van der Waals surface area contributed by atoms with Gasteiger partial charge >= 0.3 is 0 Å². The van der Waals surface area contributed by atoms with E-state index < -0.39 is 20.6 Å². The maximum atomic E-state index is 12.6. The van der Waals surface area contributed by atoms with Crippen LogP contribution in [-0.4, -0.2) is 42.4 Å². The number of unbranched alkanes of at least 4 members (excludes halogenated alkanes) is 1. The zero-order valence-electron chi connectivity index (χ0n) is 11.9. The summed E-state index contributed by atoms with van der Waals surface area (Å²) in [5, 5.41) is 19.8. The molecule has 0 saturated carbocycles. The molecule has 21 heavy (non-hydrogen) atoms. The number of hydrogen-bond acceptors (Lipinski definition) is 5. The SMILES string of the molecule is CCCN(CCCCO)S(=O)(=O)c1ccccc1[N+](=O)[O-]. The second-order valence-electron chi connectivity index (χ2n) is 4.56. The van der Waals surface area contributed by atoms with E-state index in [0.717, 1.165) is 0 Å². The van der Waals surface area contributed by atoms with Crippen LogP contribution in [0.4, 0.5) is 5.69 Å². The van der Waals surface area contributed by atoms with Crippen molar-refractivity contribution < 1.29 is 18.4 Å². The predicted octanol–water partition coefficient (Wildman–Crippen LogP) is 1.77. The Morgan fingerprint density at radius 1 is 1.24 bits per heavy atom. The summed E-state index contributed by atoms with van der Waals surface area (Å²) < 4.78 is 26.4. The van der Waals surface area contributed by atoms with Gasteiger partial charge in [-0.25, -0.2) is 8.42 Å². The molecular formula is C13H20N2O5S. The molecule has 0 aliphatic heterocycles. The van der Waals surface area contributed by atoms with Gasteiger partial charge in [-0.15, -0.1) is 0 Å². The minimum absolute atomic E-state index is 0.00844. The molecule has 0 atom stereocenters. The number of benzene rings is 1. The highest BCUT2D eigenvalue weighted by Gasteiger charge is 2.30. The Morgan fingerprint density at radius 3 is 2.48 bits per heavy atom. The molecule has 1 rings (SSSR count). The van der Waals surface area contributed by atoms with Crippen LogP contribution in [0.15, 0.2) is 29.2 Å².